The van der Waals surface area contributed by atoms with Crippen molar-refractivity contribution in [2.24, 2.45) is 5.41 Å². The molecule has 0 aromatic carbocycles. The number of thiophene rings is 1. The Bertz CT molecular complexity index is 1000. The van der Waals surface area contributed by atoms with Gasteiger partial charge < -0.3 is 14.8 Å². The van der Waals surface area contributed by atoms with Gasteiger partial charge in [-0.15, -0.1) is 11.3 Å². The van der Waals surface area contributed by atoms with Crippen LogP contribution in [0.25, 0.3) is 20.5 Å². The van der Waals surface area contributed by atoms with E-state index in [-0.39, 0.29) is 12.2 Å². The van der Waals surface area contributed by atoms with Crippen LogP contribution in [-0.4, -0.2) is 26.9 Å². The number of H-pyrrole nitrogens is 1. The standard InChI is InChI=1S/C18H19N3O3S/c1-17(2,3)18(23)9-24-8-12-11-6-13(10-4-5-19-20-7-10)25-14(11)16(22)21-15(12)18/h4-7,23H,8-9H2,1-3H3,(H,21,22)/t18-/m0/s1. The maximum atomic E-state index is 12.7. The molecule has 0 spiro atoms. The molecule has 1 aliphatic heterocycles. The minimum absolute atomic E-state index is 0.163. The Hall–Kier alpha value is -2.09. The van der Waals surface area contributed by atoms with Gasteiger partial charge in [0.25, 0.3) is 5.56 Å². The maximum Gasteiger partial charge on any atom is 0.266 e. The van der Waals surface area contributed by atoms with Gasteiger partial charge in [-0.1, -0.05) is 20.8 Å². The summed E-state index contributed by atoms with van der Waals surface area (Å²) in [4.78, 5) is 16.6. The summed E-state index contributed by atoms with van der Waals surface area (Å²) in [6, 6.07) is 3.84. The Kier molecular flexibility index (Phi) is 3.57. The number of aromatic nitrogens is 3. The van der Waals surface area contributed by atoms with E-state index < -0.39 is 11.0 Å². The van der Waals surface area contributed by atoms with Crippen molar-refractivity contribution in [2.75, 3.05) is 6.61 Å². The van der Waals surface area contributed by atoms with Gasteiger partial charge >= 0.3 is 0 Å². The molecule has 0 radical (unpaired) electrons. The van der Waals surface area contributed by atoms with Crippen molar-refractivity contribution < 1.29 is 9.84 Å². The van der Waals surface area contributed by atoms with Crippen LogP contribution in [0.4, 0.5) is 0 Å². The average Bonchev–Trinajstić information content (AvgIpc) is 3.02. The first-order valence-corrected chi connectivity index (χ1v) is 8.89. The monoisotopic (exact) mass is 357 g/mol. The van der Waals surface area contributed by atoms with Gasteiger partial charge in [-0.25, -0.2) is 0 Å². The van der Waals surface area contributed by atoms with Crippen molar-refractivity contribution in [1.29, 1.82) is 0 Å². The molecule has 1 aliphatic rings. The van der Waals surface area contributed by atoms with Crippen molar-refractivity contribution in [3.8, 4) is 10.4 Å². The quantitative estimate of drug-likeness (QED) is 0.699. The Morgan fingerprint density at radius 3 is 2.84 bits per heavy atom. The predicted molar refractivity (Wildman–Crippen MR) is 96.5 cm³/mol. The summed E-state index contributed by atoms with van der Waals surface area (Å²) in [7, 11) is 0. The Labute approximate surface area is 148 Å². The summed E-state index contributed by atoms with van der Waals surface area (Å²) in [5.41, 5.74) is 0.425. The lowest BCUT2D eigenvalue weighted by atomic mass is 9.72. The zero-order valence-electron chi connectivity index (χ0n) is 14.3. The second-order valence-corrected chi connectivity index (χ2v) is 8.45. The van der Waals surface area contributed by atoms with E-state index in [4.69, 9.17) is 4.74 Å². The van der Waals surface area contributed by atoms with Crippen LogP contribution >= 0.6 is 11.3 Å². The van der Waals surface area contributed by atoms with Gasteiger partial charge in [-0.3, -0.25) is 4.79 Å². The van der Waals surface area contributed by atoms with Gasteiger partial charge in [0.05, 0.1) is 31.3 Å². The zero-order chi connectivity index (χ0) is 17.8. The number of fused-ring (bicyclic) bond motifs is 3. The van der Waals surface area contributed by atoms with E-state index in [2.05, 4.69) is 15.2 Å². The molecule has 3 aromatic heterocycles. The molecule has 4 rings (SSSR count). The molecular weight excluding hydrogens is 338 g/mol. The highest BCUT2D eigenvalue weighted by Gasteiger charge is 2.47. The van der Waals surface area contributed by atoms with Crippen LogP contribution in [0.1, 0.15) is 32.0 Å². The Morgan fingerprint density at radius 2 is 2.16 bits per heavy atom. The van der Waals surface area contributed by atoms with Crippen LogP contribution in [0.5, 0.6) is 0 Å². The van der Waals surface area contributed by atoms with Gasteiger partial charge in [0, 0.05) is 21.4 Å². The van der Waals surface area contributed by atoms with Crippen LogP contribution in [0.3, 0.4) is 0 Å². The summed E-state index contributed by atoms with van der Waals surface area (Å²) in [5.74, 6) is 0. The first-order chi connectivity index (χ1) is 11.8. The first-order valence-electron chi connectivity index (χ1n) is 8.07. The van der Waals surface area contributed by atoms with Crippen molar-refractivity contribution in [3.05, 3.63) is 46.1 Å². The van der Waals surface area contributed by atoms with Gasteiger partial charge in [0.15, 0.2) is 0 Å². The normalized spacial score (nSPS) is 20.6. The molecule has 0 fully saturated rings. The molecule has 0 aliphatic carbocycles. The summed E-state index contributed by atoms with van der Waals surface area (Å²) in [6.07, 6.45) is 3.30. The minimum Gasteiger partial charge on any atom is -0.381 e. The third-order valence-electron chi connectivity index (χ3n) is 4.88. The highest BCUT2D eigenvalue weighted by atomic mass is 32.1. The summed E-state index contributed by atoms with van der Waals surface area (Å²) < 4.78 is 6.34. The molecule has 1 atom stereocenters. The molecule has 25 heavy (non-hydrogen) atoms. The summed E-state index contributed by atoms with van der Waals surface area (Å²) in [6.45, 7) is 6.35. The van der Waals surface area contributed by atoms with E-state index in [9.17, 15) is 9.90 Å². The number of nitrogens with one attached hydrogen (secondary N) is 1. The molecule has 6 nitrogen and oxygen atoms in total. The van der Waals surface area contributed by atoms with Crippen LogP contribution in [0, 0.1) is 5.41 Å². The molecular formula is C18H19N3O3S. The van der Waals surface area contributed by atoms with Crippen molar-refractivity contribution in [2.45, 2.75) is 33.0 Å². The molecule has 7 heteroatoms. The number of hydrogen-bond acceptors (Lipinski definition) is 6. The van der Waals surface area contributed by atoms with Crippen LogP contribution in [0.15, 0.2) is 29.3 Å². The van der Waals surface area contributed by atoms with Gasteiger partial charge in [0.1, 0.15) is 10.3 Å². The number of aromatic amines is 1. The summed E-state index contributed by atoms with van der Waals surface area (Å²) in [5, 5.41) is 19.8. The number of pyridine rings is 1. The van der Waals surface area contributed by atoms with E-state index in [0.717, 1.165) is 21.4 Å². The maximum absolute atomic E-state index is 12.7. The summed E-state index contributed by atoms with van der Waals surface area (Å²) >= 11 is 1.41. The lowest BCUT2D eigenvalue weighted by Gasteiger charge is -2.43. The molecule has 0 saturated heterocycles. The third kappa shape index (κ3) is 2.42. The molecule has 0 amide bonds. The van der Waals surface area contributed by atoms with Gasteiger partial charge in [0.2, 0.25) is 0 Å². The van der Waals surface area contributed by atoms with Gasteiger partial charge in [-0.05, 0) is 17.5 Å². The van der Waals surface area contributed by atoms with Crippen molar-refractivity contribution in [1.82, 2.24) is 15.2 Å². The average molecular weight is 357 g/mol. The van der Waals surface area contributed by atoms with Crippen LogP contribution in [0.2, 0.25) is 0 Å². The number of nitrogens with zero attached hydrogens (tertiary/aromatic N) is 2. The van der Waals surface area contributed by atoms with Crippen molar-refractivity contribution >= 4 is 21.4 Å². The number of rotatable bonds is 1. The van der Waals surface area contributed by atoms with E-state index in [0.29, 0.717) is 17.0 Å². The SMILES string of the molecule is CC(C)(C)[C@]1(O)COCc2c1[nH]c(=O)c1sc(-c3ccnnc3)cc21. The fraction of sp³-hybridized carbons (Fsp3) is 0.389. The lowest BCUT2D eigenvalue weighted by molar-refractivity contribution is -0.139. The second-order valence-electron chi connectivity index (χ2n) is 7.40. The minimum atomic E-state index is -1.24. The van der Waals surface area contributed by atoms with E-state index in [1.165, 1.54) is 11.3 Å². The highest BCUT2D eigenvalue weighted by Crippen LogP contribution is 2.45. The predicted octanol–water partition coefficient (Wildman–Crippen LogP) is 2.81. The molecule has 0 bridgehead atoms. The Morgan fingerprint density at radius 1 is 1.36 bits per heavy atom. The lowest BCUT2D eigenvalue weighted by Crippen LogP contribution is -2.48. The number of hydrogen-bond donors (Lipinski definition) is 2. The number of aliphatic hydroxyl groups is 1. The van der Waals surface area contributed by atoms with Crippen LogP contribution in [-0.2, 0) is 16.9 Å². The molecule has 4 heterocycles. The fourth-order valence-corrected chi connectivity index (χ4v) is 4.28. The second kappa shape index (κ2) is 5.45. The third-order valence-corrected chi connectivity index (χ3v) is 6.07. The zero-order valence-corrected chi connectivity index (χ0v) is 15.1. The molecule has 130 valence electrons. The largest absolute Gasteiger partial charge is 0.381 e. The molecule has 3 aromatic rings. The van der Waals surface area contributed by atoms with Crippen molar-refractivity contribution in [3.63, 3.8) is 0 Å². The van der Waals surface area contributed by atoms with Gasteiger partial charge in [-0.2, -0.15) is 10.2 Å². The fourth-order valence-electron chi connectivity index (χ4n) is 3.21. The van der Waals surface area contributed by atoms with Crippen LogP contribution < -0.4 is 5.56 Å². The smallest absolute Gasteiger partial charge is 0.266 e. The first kappa shape index (κ1) is 16.4. The number of ether oxygens (including phenoxy) is 1. The molecule has 2 N–H and O–H groups in total. The van der Waals surface area contributed by atoms with E-state index >= 15 is 0 Å². The molecule has 0 unspecified atom stereocenters. The Balaban J connectivity index is 2.00. The van der Waals surface area contributed by atoms with E-state index in [1.807, 2.05) is 32.9 Å². The van der Waals surface area contributed by atoms with E-state index in [1.54, 1.807) is 12.4 Å². The topological polar surface area (TPSA) is 88.1 Å². The molecule has 0 saturated carbocycles. The highest BCUT2D eigenvalue weighted by molar-refractivity contribution is 7.22.